The lowest BCUT2D eigenvalue weighted by Crippen LogP contribution is -2.54. The van der Waals surface area contributed by atoms with Gasteiger partial charge in [-0.3, -0.25) is 4.98 Å². The van der Waals surface area contributed by atoms with Crippen LogP contribution < -0.4 is 0 Å². The summed E-state index contributed by atoms with van der Waals surface area (Å²) >= 11 is 0. The second kappa shape index (κ2) is 7.05. The maximum Gasteiger partial charge on any atom is 0.0709 e. The third kappa shape index (κ3) is 2.82. The van der Waals surface area contributed by atoms with Gasteiger partial charge in [0.15, 0.2) is 0 Å². The number of aliphatic hydroxyl groups is 1. The van der Waals surface area contributed by atoms with Crippen LogP contribution in [0.4, 0.5) is 0 Å². The maximum atomic E-state index is 12.3. The highest BCUT2D eigenvalue weighted by molar-refractivity contribution is 5.82. The molecule has 7 atom stereocenters. The molecule has 2 heteroatoms. The molecule has 4 aliphatic rings. The lowest BCUT2D eigenvalue weighted by Gasteiger charge is -2.54. The number of aromatic nitrogens is 1. The van der Waals surface area contributed by atoms with Crippen molar-refractivity contribution in [1.82, 2.24) is 4.98 Å². The molecule has 4 saturated carbocycles. The van der Waals surface area contributed by atoms with E-state index in [-0.39, 0.29) is 5.41 Å². The molecule has 6 rings (SSSR count). The lowest BCUT2D eigenvalue weighted by molar-refractivity contribution is -0.143. The maximum absolute atomic E-state index is 12.3. The molecule has 4 aliphatic carbocycles. The van der Waals surface area contributed by atoms with Crippen LogP contribution in [0.15, 0.2) is 36.7 Å². The summed E-state index contributed by atoms with van der Waals surface area (Å²) < 4.78 is 0. The third-order valence-corrected chi connectivity index (χ3v) is 10.3. The van der Waals surface area contributed by atoms with E-state index in [1.807, 2.05) is 12.4 Å². The first kappa shape index (κ1) is 19.3. The van der Waals surface area contributed by atoms with E-state index in [2.05, 4.69) is 36.2 Å². The largest absolute Gasteiger partial charge is 0.389 e. The van der Waals surface area contributed by atoms with Crippen molar-refractivity contribution in [3.05, 3.63) is 42.2 Å². The molecule has 4 fully saturated rings. The summed E-state index contributed by atoms with van der Waals surface area (Å²) in [6.45, 7) is 2.52. The number of hydrogen-bond donors (Lipinski definition) is 1. The van der Waals surface area contributed by atoms with E-state index in [0.717, 1.165) is 18.3 Å². The minimum atomic E-state index is -0.419. The van der Waals surface area contributed by atoms with E-state index in [9.17, 15) is 5.11 Å². The van der Waals surface area contributed by atoms with Gasteiger partial charge in [-0.25, -0.2) is 0 Å². The number of hydrogen-bond acceptors (Lipinski definition) is 2. The molecule has 0 amide bonds. The Morgan fingerprint density at radius 3 is 2.67 bits per heavy atom. The zero-order valence-corrected chi connectivity index (χ0v) is 18.5. The summed E-state index contributed by atoms with van der Waals surface area (Å²) in [5.41, 5.74) is 1.29. The highest BCUT2D eigenvalue weighted by Gasteiger charge is 2.61. The topological polar surface area (TPSA) is 33.1 Å². The van der Waals surface area contributed by atoms with Crippen molar-refractivity contribution in [2.75, 3.05) is 0 Å². The van der Waals surface area contributed by atoms with Crippen molar-refractivity contribution in [3.8, 4) is 0 Å². The summed E-state index contributed by atoms with van der Waals surface area (Å²) in [4.78, 5) is 4.35. The van der Waals surface area contributed by atoms with Crippen LogP contribution in [0, 0.1) is 29.1 Å². The molecular formula is C28H37NO. The summed E-state index contributed by atoms with van der Waals surface area (Å²) in [7, 11) is 0. The van der Waals surface area contributed by atoms with E-state index in [1.54, 1.807) is 0 Å². The van der Waals surface area contributed by atoms with Crippen molar-refractivity contribution < 1.29 is 5.11 Å². The molecule has 1 aromatic carbocycles. The SMILES string of the molecule is CC12CCC3CC4CCCCC4CC[C@]3(O)C1CCC2c1ccc2ccncc2c1. The summed E-state index contributed by atoms with van der Waals surface area (Å²) in [5.74, 6) is 3.38. The zero-order chi connectivity index (χ0) is 20.3. The van der Waals surface area contributed by atoms with Gasteiger partial charge in [-0.15, -0.1) is 0 Å². The van der Waals surface area contributed by atoms with Gasteiger partial charge in [-0.2, -0.15) is 0 Å². The predicted octanol–water partition coefficient (Wildman–Crippen LogP) is 6.87. The first-order valence-corrected chi connectivity index (χ1v) is 12.6. The highest BCUT2D eigenvalue weighted by Crippen LogP contribution is 2.66. The van der Waals surface area contributed by atoms with Gasteiger partial charge in [0.05, 0.1) is 5.60 Å². The molecule has 1 heterocycles. The standard InChI is InChI=1S/C28H37NO/c1-27-13-11-24-17-21-5-3-2-4-19(21)10-14-28(24,30)26(27)9-8-25(27)22-7-6-20-12-15-29-18-23(20)16-22/h6-7,12,15-16,18-19,21,24-26,30H,2-5,8-11,13-14,17H2,1H3/t19?,21?,24?,25?,26?,27?,28-/m1/s1. The van der Waals surface area contributed by atoms with Gasteiger partial charge >= 0.3 is 0 Å². The van der Waals surface area contributed by atoms with Crippen LogP contribution in [0.25, 0.3) is 10.8 Å². The Morgan fingerprint density at radius 2 is 1.77 bits per heavy atom. The Labute approximate surface area is 181 Å². The van der Waals surface area contributed by atoms with Crippen LogP contribution in [0.2, 0.25) is 0 Å². The Morgan fingerprint density at radius 1 is 0.900 bits per heavy atom. The van der Waals surface area contributed by atoms with E-state index in [0.29, 0.717) is 17.8 Å². The quantitative estimate of drug-likeness (QED) is 0.564. The normalized spacial score (nSPS) is 43.5. The van der Waals surface area contributed by atoms with Crippen LogP contribution in [0.1, 0.15) is 89.0 Å². The van der Waals surface area contributed by atoms with Gasteiger partial charge in [-0.05, 0) is 103 Å². The second-order valence-corrected chi connectivity index (χ2v) is 11.5. The molecule has 1 aromatic heterocycles. The smallest absolute Gasteiger partial charge is 0.0709 e. The molecular weight excluding hydrogens is 366 g/mol. The van der Waals surface area contributed by atoms with Gasteiger partial charge < -0.3 is 5.11 Å². The summed E-state index contributed by atoms with van der Waals surface area (Å²) in [6, 6.07) is 9.13. The van der Waals surface area contributed by atoms with Gasteiger partial charge in [0.2, 0.25) is 0 Å². The molecule has 0 spiro atoms. The van der Waals surface area contributed by atoms with Crippen LogP contribution >= 0.6 is 0 Å². The summed E-state index contributed by atoms with van der Waals surface area (Å²) in [6.07, 6.45) is 18.2. The Hall–Kier alpha value is -1.41. The van der Waals surface area contributed by atoms with Crippen molar-refractivity contribution in [1.29, 1.82) is 0 Å². The van der Waals surface area contributed by atoms with Gasteiger partial charge in [0.25, 0.3) is 0 Å². The second-order valence-electron chi connectivity index (χ2n) is 11.5. The van der Waals surface area contributed by atoms with Gasteiger partial charge in [-0.1, -0.05) is 44.7 Å². The molecule has 0 radical (unpaired) electrons. The molecule has 2 nitrogen and oxygen atoms in total. The summed E-state index contributed by atoms with van der Waals surface area (Å²) in [5, 5.41) is 14.8. The van der Waals surface area contributed by atoms with Gasteiger partial charge in [0, 0.05) is 17.8 Å². The van der Waals surface area contributed by atoms with Crippen LogP contribution in [0.5, 0.6) is 0 Å². The lowest BCUT2D eigenvalue weighted by atomic mass is 9.54. The predicted molar refractivity (Wildman–Crippen MR) is 122 cm³/mol. The Balaban J connectivity index is 1.33. The fourth-order valence-corrected chi connectivity index (χ4v) is 8.75. The average Bonchev–Trinajstić information content (AvgIpc) is 3.05. The average molecular weight is 404 g/mol. The molecule has 1 N–H and O–H groups in total. The molecule has 0 saturated heterocycles. The number of fused-ring (bicyclic) bond motifs is 5. The molecule has 6 unspecified atom stereocenters. The molecule has 160 valence electrons. The number of pyridine rings is 1. The molecule has 30 heavy (non-hydrogen) atoms. The van der Waals surface area contributed by atoms with Crippen LogP contribution in [0.3, 0.4) is 0 Å². The van der Waals surface area contributed by atoms with Crippen molar-refractivity contribution >= 4 is 10.8 Å². The zero-order valence-electron chi connectivity index (χ0n) is 18.5. The first-order valence-electron chi connectivity index (χ1n) is 12.6. The van der Waals surface area contributed by atoms with Crippen molar-refractivity contribution in [2.45, 2.75) is 89.1 Å². The van der Waals surface area contributed by atoms with E-state index in [1.165, 1.54) is 80.5 Å². The Bertz CT molecular complexity index is 939. The van der Waals surface area contributed by atoms with Crippen LogP contribution in [-0.2, 0) is 0 Å². The number of benzene rings is 1. The van der Waals surface area contributed by atoms with E-state index < -0.39 is 5.60 Å². The number of nitrogens with zero attached hydrogens (tertiary/aromatic N) is 1. The van der Waals surface area contributed by atoms with E-state index >= 15 is 0 Å². The monoisotopic (exact) mass is 403 g/mol. The number of rotatable bonds is 1. The third-order valence-electron chi connectivity index (χ3n) is 10.3. The molecule has 0 bridgehead atoms. The minimum Gasteiger partial charge on any atom is -0.389 e. The van der Waals surface area contributed by atoms with Crippen molar-refractivity contribution in [3.63, 3.8) is 0 Å². The fourth-order valence-electron chi connectivity index (χ4n) is 8.75. The fraction of sp³-hybridized carbons (Fsp3) is 0.679. The van der Waals surface area contributed by atoms with Crippen molar-refractivity contribution in [2.24, 2.45) is 29.1 Å². The minimum absolute atomic E-state index is 0.233. The Kier molecular flexibility index (Phi) is 4.53. The van der Waals surface area contributed by atoms with E-state index in [4.69, 9.17) is 0 Å². The van der Waals surface area contributed by atoms with Gasteiger partial charge in [0.1, 0.15) is 0 Å². The molecule has 2 aromatic rings. The molecule has 0 aliphatic heterocycles. The van der Waals surface area contributed by atoms with Crippen LogP contribution in [-0.4, -0.2) is 15.7 Å². The first-order chi connectivity index (χ1) is 14.6. The highest BCUT2D eigenvalue weighted by atomic mass is 16.3.